The second-order valence-electron chi connectivity index (χ2n) is 6.54. The molecule has 2 aromatic carbocycles. The highest BCUT2D eigenvalue weighted by molar-refractivity contribution is 6.30. The van der Waals surface area contributed by atoms with E-state index in [1.165, 1.54) is 6.42 Å². The molecule has 0 radical (unpaired) electrons. The molecular weight excluding hydrogens is 350 g/mol. The number of hydrogen-bond donors (Lipinski definition) is 1. The number of rotatable bonds is 5. The molecule has 1 N–H and O–H groups in total. The fraction of sp³-hybridized carbons (Fsp3) is 0.350. The molecule has 1 aliphatic rings. The first kappa shape index (κ1) is 17.2. The van der Waals surface area contributed by atoms with Gasteiger partial charge in [-0.3, -0.25) is 4.68 Å². The molecule has 0 aliphatic carbocycles. The maximum absolute atomic E-state index is 6.11. The van der Waals surface area contributed by atoms with Crippen molar-refractivity contribution in [1.82, 2.24) is 9.78 Å². The molecule has 1 aliphatic heterocycles. The van der Waals surface area contributed by atoms with Gasteiger partial charge in [-0.2, -0.15) is 5.10 Å². The number of anilines is 2. The van der Waals surface area contributed by atoms with Crippen molar-refractivity contribution in [2.45, 2.75) is 31.9 Å². The molecule has 0 spiro atoms. The predicted molar refractivity (Wildman–Crippen MR) is 105 cm³/mol. The molecule has 6 heteroatoms. The molecular formula is C20H22ClN3O2. The second-order valence-corrected chi connectivity index (χ2v) is 6.97. The molecule has 4 rings (SSSR count). The molecule has 26 heavy (non-hydrogen) atoms. The molecule has 1 fully saturated rings. The summed E-state index contributed by atoms with van der Waals surface area (Å²) in [6, 6.07) is 13.6. The van der Waals surface area contributed by atoms with E-state index in [1.807, 2.05) is 47.1 Å². The van der Waals surface area contributed by atoms with E-state index >= 15 is 0 Å². The van der Waals surface area contributed by atoms with E-state index in [-0.39, 0.29) is 6.10 Å². The standard InChI is InChI=1S/C20H22ClN3O2/c1-25-16-8-9-19-18(12-16)20(22-15-6-4-5-14(21)11-15)23-24(19)13-17-7-2-3-10-26-17/h4-6,8-9,11-12,17H,2-3,7,10,13H2,1H3,(H,22,23)/t17-/m1/s1. The van der Waals surface area contributed by atoms with Crippen molar-refractivity contribution < 1.29 is 9.47 Å². The van der Waals surface area contributed by atoms with Gasteiger partial charge in [0.05, 0.1) is 25.3 Å². The Hall–Kier alpha value is -2.24. The first-order chi connectivity index (χ1) is 12.7. The third-order valence-electron chi connectivity index (χ3n) is 4.70. The minimum absolute atomic E-state index is 0.216. The number of nitrogens with one attached hydrogen (secondary N) is 1. The highest BCUT2D eigenvalue weighted by atomic mass is 35.5. The maximum atomic E-state index is 6.11. The van der Waals surface area contributed by atoms with Crippen LogP contribution in [0.15, 0.2) is 42.5 Å². The van der Waals surface area contributed by atoms with Gasteiger partial charge in [0.25, 0.3) is 0 Å². The Bertz CT molecular complexity index is 903. The lowest BCUT2D eigenvalue weighted by Crippen LogP contribution is -2.24. The molecule has 1 saturated heterocycles. The summed E-state index contributed by atoms with van der Waals surface area (Å²) in [6.45, 7) is 1.59. The van der Waals surface area contributed by atoms with Gasteiger partial charge in [-0.05, 0) is 55.7 Å². The van der Waals surface area contributed by atoms with E-state index in [0.29, 0.717) is 5.02 Å². The van der Waals surface area contributed by atoms with Gasteiger partial charge in [0.15, 0.2) is 5.82 Å². The van der Waals surface area contributed by atoms with Crippen molar-refractivity contribution in [2.75, 3.05) is 19.0 Å². The Morgan fingerprint density at radius 3 is 2.96 bits per heavy atom. The summed E-state index contributed by atoms with van der Waals surface area (Å²) in [5.41, 5.74) is 1.96. The Labute approximate surface area is 157 Å². The zero-order valence-corrected chi connectivity index (χ0v) is 15.5. The largest absolute Gasteiger partial charge is 0.497 e. The lowest BCUT2D eigenvalue weighted by atomic mass is 10.1. The molecule has 1 aromatic heterocycles. The van der Waals surface area contributed by atoms with Gasteiger partial charge in [-0.25, -0.2) is 0 Å². The molecule has 0 amide bonds. The van der Waals surface area contributed by atoms with Crippen LogP contribution in [0.2, 0.25) is 5.02 Å². The zero-order chi connectivity index (χ0) is 17.9. The first-order valence-electron chi connectivity index (χ1n) is 8.92. The van der Waals surface area contributed by atoms with Gasteiger partial charge in [0, 0.05) is 22.7 Å². The zero-order valence-electron chi connectivity index (χ0n) is 14.7. The third kappa shape index (κ3) is 3.64. The van der Waals surface area contributed by atoms with Crippen LogP contribution in [0, 0.1) is 0 Å². The van der Waals surface area contributed by atoms with Crippen LogP contribution in [0.4, 0.5) is 11.5 Å². The molecule has 0 bridgehead atoms. The summed E-state index contributed by atoms with van der Waals surface area (Å²) in [4.78, 5) is 0. The summed E-state index contributed by atoms with van der Waals surface area (Å²) in [5, 5.41) is 9.90. The molecule has 3 aromatic rings. The maximum Gasteiger partial charge on any atom is 0.160 e. The van der Waals surface area contributed by atoms with Crippen LogP contribution in [0.5, 0.6) is 5.75 Å². The monoisotopic (exact) mass is 371 g/mol. The lowest BCUT2D eigenvalue weighted by molar-refractivity contribution is 0.00479. The second kappa shape index (κ2) is 7.56. The summed E-state index contributed by atoms with van der Waals surface area (Å²) in [6.07, 6.45) is 3.66. The topological polar surface area (TPSA) is 48.3 Å². The number of aromatic nitrogens is 2. The fourth-order valence-corrected chi connectivity index (χ4v) is 3.55. The molecule has 0 saturated carbocycles. The van der Waals surface area contributed by atoms with Crippen LogP contribution in [0.1, 0.15) is 19.3 Å². The quantitative estimate of drug-likeness (QED) is 0.684. The van der Waals surface area contributed by atoms with Crippen molar-refractivity contribution in [3.05, 3.63) is 47.5 Å². The van der Waals surface area contributed by atoms with E-state index in [4.69, 9.17) is 26.2 Å². The van der Waals surface area contributed by atoms with Gasteiger partial charge in [-0.15, -0.1) is 0 Å². The van der Waals surface area contributed by atoms with Crippen molar-refractivity contribution in [3.63, 3.8) is 0 Å². The number of ether oxygens (including phenoxy) is 2. The Morgan fingerprint density at radius 2 is 2.19 bits per heavy atom. The van der Waals surface area contributed by atoms with Crippen molar-refractivity contribution in [1.29, 1.82) is 0 Å². The molecule has 5 nitrogen and oxygen atoms in total. The van der Waals surface area contributed by atoms with Crippen LogP contribution in [-0.4, -0.2) is 29.6 Å². The SMILES string of the molecule is COc1ccc2c(c1)c(Nc1cccc(Cl)c1)nn2C[C@H]1CCCCO1. The Kier molecular flexibility index (Phi) is 5.00. The van der Waals surface area contributed by atoms with E-state index in [2.05, 4.69) is 5.32 Å². The number of hydrogen-bond acceptors (Lipinski definition) is 4. The van der Waals surface area contributed by atoms with Crippen LogP contribution < -0.4 is 10.1 Å². The van der Waals surface area contributed by atoms with Gasteiger partial charge >= 0.3 is 0 Å². The van der Waals surface area contributed by atoms with Crippen molar-refractivity contribution >= 4 is 34.0 Å². The third-order valence-corrected chi connectivity index (χ3v) is 4.93. The molecule has 1 atom stereocenters. The highest BCUT2D eigenvalue weighted by Crippen LogP contribution is 2.30. The number of methoxy groups -OCH3 is 1. The highest BCUT2D eigenvalue weighted by Gasteiger charge is 2.18. The smallest absolute Gasteiger partial charge is 0.160 e. The van der Waals surface area contributed by atoms with Gasteiger partial charge < -0.3 is 14.8 Å². The average molecular weight is 372 g/mol. The first-order valence-corrected chi connectivity index (χ1v) is 9.29. The van der Waals surface area contributed by atoms with E-state index in [9.17, 15) is 0 Å². The minimum Gasteiger partial charge on any atom is -0.497 e. The summed E-state index contributed by atoms with van der Waals surface area (Å²) in [7, 11) is 1.67. The van der Waals surface area contributed by atoms with E-state index in [0.717, 1.165) is 54.2 Å². The number of benzene rings is 2. The fourth-order valence-electron chi connectivity index (χ4n) is 3.36. The lowest BCUT2D eigenvalue weighted by Gasteiger charge is -2.22. The van der Waals surface area contributed by atoms with Crippen LogP contribution in [0.25, 0.3) is 10.9 Å². The minimum atomic E-state index is 0.216. The van der Waals surface area contributed by atoms with Crippen LogP contribution in [0.3, 0.4) is 0 Å². The van der Waals surface area contributed by atoms with Crippen LogP contribution in [-0.2, 0) is 11.3 Å². The van der Waals surface area contributed by atoms with Gasteiger partial charge in [-0.1, -0.05) is 17.7 Å². The van der Waals surface area contributed by atoms with Crippen molar-refractivity contribution in [3.8, 4) is 5.75 Å². The Balaban J connectivity index is 1.70. The average Bonchev–Trinajstić information content (AvgIpc) is 2.99. The summed E-state index contributed by atoms with van der Waals surface area (Å²) >= 11 is 6.11. The molecule has 0 unspecified atom stereocenters. The molecule has 2 heterocycles. The number of fused-ring (bicyclic) bond motifs is 1. The van der Waals surface area contributed by atoms with Crippen LogP contribution >= 0.6 is 11.6 Å². The van der Waals surface area contributed by atoms with E-state index in [1.54, 1.807) is 7.11 Å². The predicted octanol–water partition coefficient (Wildman–Crippen LogP) is 5.01. The summed E-state index contributed by atoms with van der Waals surface area (Å²) in [5.74, 6) is 1.59. The van der Waals surface area contributed by atoms with Gasteiger partial charge in [0.2, 0.25) is 0 Å². The Morgan fingerprint density at radius 1 is 1.27 bits per heavy atom. The number of nitrogens with zero attached hydrogens (tertiary/aromatic N) is 2. The normalized spacial score (nSPS) is 17.4. The summed E-state index contributed by atoms with van der Waals surface area (Å²) < 4.78 is 13.3. The van der Waals surface area contributed by atoms with Crippen molar-refractivity contribution in [2.24, 2.45) is 0 Å². The number of halogens is 1. The van der Waals surface area contributed by atoms with Gasteiger partial charge in [0.1, 0.15) is 5.75 Å². The molecule has 136 valence electrons. The van der Waals surface area contributed by atoms with E-state index < -0.39 is 0 Å².